The quantitative estimate of drug-likeness (QED) is 0.0470. The number of rotatable bonds is 20. The Hall–Kier alpha value is -6.87. The summed E-state index contributed by atoms with van der Waals surface area (Å²) in [5.74, 6) is -8.69. The molecule has 0 saturated carbocycles. The van der Waals surface area contributed by atoms with Gasteiger partial charge in [0.25, 0.3) is 23.3 Å². The van der Waals surface area contributed by atoms with Crippen LogP contribution in [-0.2, 0) is 74.5 Å². The first-order valence-electron chi connectivity index (χ1n) is 20.3. The van der Waals surface area contributed by atoms with E-state index in [1.54, 1.807) is 6.07 Å². The van der Waals surface area contributed by atoms with Crippen molar-refractivity contribution >= 4 is 96.3 Å². The zero-order valence-electron chi connectivity index (χ0n) is 35.4. The number of H-pyrrole nitrogens is 1. The predicted octanol–water partition coefficient (Wildman–Crippen LogP) is 2.68. The molecule has 1 aromatic carbocycles. The fraction of sp³-hybridized carbons (Fsp3) is 0.410. The summed E-state index contributed by atoms with van der Waals surface area (Å²) in [6, 6.07) is 5.34. The lowest BCUT2D eigenvalue weighted by atomic mass is 10.1. The van der Waals surface area contributed by atoms with Crippen LogP contribution < -0.4 is 26.0 Å². The first-order valence-corrected chi connectivity index (χ1v) is 23.5. The lowest BCUT2D eigenvalue weighted by Gasteiger charge is -2.32. The van der Waals surface area contributed by atoms with Gasteiger partial charge < -0.3 is 44.8 Å². The van der Waals surface area contributed by atoms with E-state index in [0.29, 0.717) is 29.2 Å². The summed E-state index contributed by atoms with van der Waals surface area (Å²) in [4.78, 5) is 137. The Kier molecular flexibility index (Phi) is 16.9. The molecule has 68 heavy (non-hydrogen) atoms. The van der Waals surface area contributed by atoms with Crippen LogP contribution in [0.1, 0.15) is 81.8 Å². The van der Waals surface area contributed by atoms with E-state index in [4.69, 9.17) is 43.5 Å². The van der Waals surface area contributed by atoms with Crippen molar-refractivity contribution in [3.63, 3.8) is 0 Å². The molecule has 0 aliphatic carbocycles. The summed E-state index contributed by atoms with van der Waals surface area (Å²) < 4.78 is 44.2. The van der Waals surface area contributed by atoms with Gasteiger partial charge in [0, 0.05) is 29.5 Å². The van der Waals surface area contributed by atoms with E-state index in [-0.39, 0.29) is 71.0 Å². The topological polar surface area (TPSA) is 366 Å². The highest BCUT2D eigenvalue weighted by atomic mass is 32.2. The number of ether oxygens (including phenoxy) is 3. The second-order valence-corrected chi connectivity index (χ2v) is 18.7. The molecule has 2 aromatic heterocycles. The number of aryl methyl sites for hydroxylation is 1. The van der Waals surface area contributed by atoms with Crippen LogP contribution in [0, 0.1) is 0 Å². The number of anilines is 2. The summed E-state index contributed by atoms with van der Waals surface area (Å²) in [6.45, 7) is -1.38. The number of phosphoric acid groups is 1. The van der Waals surface area contributed by atoms with Crippen molar-refractivity contribution in [1.82, 2.24) is 20.3 Å². The maximum Gasteiger partial charge on any atom is 0.530 e. The Labute approximate surface area is 391 Å². The van der Waals surface area contributed by atoms with Crippen molar-refractivity contribution in [1.29, 1.82) is 0 Å². The molecule has 0 bridgehead atoms. The first-order chi connectivity index (χ1) is 32.4. The predicted molar refractivity (Wildman–Crippen MR) is 229 cm³/mol. The number of imide groups is 1. The maximum absolute atomic E-state index is 13.8. The zero-order chi connectivity index (χ0) is 49.1. The number of aromatic nitrogens is 2. The van der Waals surface area contributed by atoms with Gasteiger partial charge >= 0.3 is 43.8 Å². The number of fused-ring (bicyclic) bond motifs is 1. The number of hydroxylamine groups is 2. The molecular formula is C39H41N6O20PS2. The summed E-state index contributed by atoms with van der Waals surface area (Å²) in [7, 11) is -4.17. The van der Waals surface area contributed by atoms with Crippen LogP contribution in [0.4, 0.5) is 16.6 Å². The van der Waals surface area contributed by atoms with Crippen molar-refractivity contribution in [2.75, 3.05) is 37.2 Å². The van der Waals surface area contributed by atoms with E-state index in [1.807, 2.05) is 0 Å². The van der Waals surface area contributed by atoms with Gasteiger partial charge in [0.2, 0.25) is 12.7 Å². The molecule has 0 radical (unpaired) electrons. The van der Waals surface area contributed by atoms with Crippen LogP contribution in [0.5, 0.6) is 5.75 Å². The number of aromatic amines is 1. The van der Waals surface area contributed by atoms with E-state index in [2.05, 4.69) is 15.3 Å². The van der Waals surface area contributed by atoms with Crippen molar-refractivity contribution in [3.8, 4) is 5.75 Å². The van der Waals surface area contributed by atoms with E-state index >= 15 is 0 Å². The highest BCUT2D eigenvalue weighted by Crippen LogP contribution is 2.52. The van der Waals surface area contributed by atoms with E-state index in [1.165, 1.54) is 24.3 Å². The average Bonchev–Trinajstić information content (AvgIpc) is 3.90. The molecule has 364 valence electrons. The van der Waals surface area contributed by atoms with Crippen LogP contribution in [0.25, 0.3) is 0 Å². The molecule has 3 aromatic rings. The highest BCUT2D eigenvalue weighted by Gasteiger charge is 2.37. The molecule has 3 aliphatic heterocycles. The monoisotopic (exact) mass is 1010 g/mol. The summed E-state index contributed by atoms with van der Waals surface area (Å²) in [6.07, 6.45) is -2.08. The smallest absolute Gasteiger partial charge is 0.481 e. The number of carboxylic acids is 2. The van der Waals surface area contributed by atoms with Gasteiger partial charge in [0.1, 0.15) is 28.9 Å². The highest BCUT2D eigenvalue weighted by molar-refractivity contribution is 8.00. The minimum absolute atomic E-state index is 0.0369. The SMILES string of the molecule is Nc1nc2c(c(=O)[nH]1)SC(CCc1ccc(C(=O)NC(CCC(=O)ON3C(=O)CCC3=O)C(=O)O)s1)CN2C(=O)OCc1ccc(OP2(=O)OCCCO2)c(C(=O)OCOC(=O)CCC(=O)O)c1. The molecule has 4 amide bonds. The number of nitrogens with two attached hydrogens (primary N) is 1. The van der Waals surface area contributed by atoms with Crippen molar-refractivity contribution < 1.29 is 90.5 Å². The lowest BCUT2D eigenvalue weighted by molar-refractivity contribution is -0.197. The molecule has 5 heterocycles. The zero-order valence-corrected chi connectivity index (χ0v) is 37.9. The molecule has 3 aliphatic rings. The van der Waals surface area contributed by atoms with Gasteiger partial charge in [-0.05, 0) is 55.5 Å². The maximum atomic E-state index is 13.8. The number of nitrogens with zero attached hydrogens (tertiary/aromatic N) is 3. The Morgan fingerprint density at radius 3 is 2.40 bits per heavy atom. The number of carbonyl (C=O) groups is 9. The summed E-state index contributed by atoms with van der Waals surface area (Å²) >= 11 is 2.18. The number of carboxylic acid groups (broad SMARTS) is 2. The Bertz CT molecular complexity index is 2580. The van der Waals surface area contributed by atoms with Gasteiger partial charge in [0.15, 0.2) is 5.82 Å². The Morgan fingerprint density at radius 2 is 1.69 bits per heavy atom. The van der Waals surface area contributed by atoms with Gasteiger partial charge in [-0.15, -0.1) is 28.2 Å². The van der Waals surface area contributed by atoms with E-state index in [9.17, 15) is 57.6 Å². The number of phosphoric ester groups is 1. The summed E-state index contributed by atoms with van der Waals surface area (Å²) in [5, 5.41) is 20.7. The third-order valence-electron chi connectivity index (χ3n) is 9.64. The van der Waals surface area contributed by atoms with E-state index < -0.39 is 117 Å². The minimum atomic E-state index is -4.17. The lowest BCUT2D eigenvalue weighted by Crippen LogP contribution is -2.42. The number of thiophene rings is 1. The van der Waals surface area contributed by atoms with Gasteiger partial charge in [-0.25, -0.2) is 23.7 Å². The number of hydrogen-bond donors (Lipinski definition) is 5. The Balaban J connectivity index is 1.08. The number of aliphatic carboxylic acids is 2. The number of benzene rings is 1. The van der Waals surface area contributed by atoms with Crippen molar-refractivity contribution in [3.05, 3.63) is 61.6 Å². The number of amides is 4. The van der Waals surface area contributed by atoms with Crippen molar-refractivity contribution in [2.45, 2.75) is 80.6 Å². The number of nitrogens with one attached hydrogen (secondary N) is 2. The standard InChI is InChI=1S/C39H41N6O20PS2/c40-38-42-33-32(35(53)43-38)68-22(4-3-21-5-8-26(67-21)34(52)41-24(36(54)55)6-12-31(51)64-45-27(46)9-10-28(45)47)17-44(33)39(57)59-18-20-2-7-25(65-66(58)62-14-1-15-63-66)23(16-20)37(56)61-19-60-30(50)13-11-29(48)49/h2,5,7-8,16,22,24H,1,3-4,6,9-15,17-19H2,(H,41,52)(H,48,49)(H,54,55)(H3,40,42,43,53). The molecule has 26 nitrogen and oxygen atoms in total. The second kappa shape index (κ2) is 22.8. The molecule has 29 heteroatoms. The molecule has 2 unspecified atom stereocenters. The fourth-order valence-corrected chi connectivity index (χ4v) is 9.74. The molecule has 2 fully saturated rings. The number of hydrogen-bond acceptors (Lipinski definition) is 22. The normalized spacial score (nSPS) is 16.8. The second-order valence-electron chi connectivity index (χ2n) is 14.6. The molecular weight excluding hydrogens is 968 g/mol. The third-order valence-corrected chi connectivity index (χ3v) is 13.5. The number of esters is 2. The third kappa shape index (κ3) is 13.6. The van der Waals surface area contributed by atoms with Crippen LogP contribution in [-0.4, -0.2) is 117 Å². The van der Waals surface area contributed by atoms with Gasteiger partial charge in [-0.2, -0.15) is 4.98 Å². The largest absolute Gasteiger partial charge is 0.530 e. The van der Waals surface area contributed by atoms with Crippen molar-refractivity contribution in [2.24, 2.45) is 0 Å². The fourth-order valence-electron chi connectivity index (χ4n) is 6.31. The average molecular weight is 1010 g/mol. The van der Waals surface area contributed by atoms with Crippen LogP contribution in [0.2, 0.25) is 0 Å². The van der Waals surface area contributed by atoms with Gasteiger partial charge in [-0.1, -0.05) is 6.07 Å². The van der Waals surface area contributed by atoms with Gasteiger partial charge in [0.05, 0.1) is 37.4 Å². The molecule has 6 N–H and O–H groups in total. The van der Waals surface area contributed by atoms with E-state index in [0.717, 1.165) is 28.0 Å². The Morgan fingerprint density at radius 1 is 0.956 bits per heavy atom. The first kappa shape index (κ1) is 50.5. The number of nitrogen functional groups attached to an aromatic ring is 1. The minimum Gasteiger partial charge on any atom is -0.481 e. The van der Waals surface area contributed by atoms with Crippen LogP contribution in [0.3, 0.4) is 0 Å². The van der Waals surface area contributed by atoms with Crippen LogP contribution >= 0.6 is 30.9 Å². The summed E-state index contributed by atoms with van der Waals surface area (Å²) in [5.41, 5.74) is 4.99. The molecule has 2 saturated heterocycles. The number of thioether (sulfide) groups is 1. The molecule has 0 spiro atoms. The molecule has 2 atom stereocenters. The van der Waals surface area contributed by atoms with Gasteiger partial charge in [-0.3, -0.25) is 47.7 Å². The number of carbonyl (C=O) groups excluding carboxylic acids is 7. The molecule has 6 rings (SSSR count). The van der Waals surface area contributed by atoms with Crippen LogP contribution in [0.15, 0.2) is 40.0 Å².